The fourth-order valence-electron chi connectivity index (χ4n) is 3.73. The number of aromatic nitrogens is 2. The molecule has 0 unspecified atom stereocenters. The standard InChI is InChI=1S/C19H31N5O/c1-14(2)18(25)24-11-9-23(10-12-24)17-13-15(3)20-19(22-17)21-16-7-5-4-6-8-16/h13-14,16H,4-12H2,1-3H3,(H,20,21,22). The molecule has 0 aromatic carbocycles. The van der Waals surface area contributed by atoms with Crippen molar-refractivity contribution >= 4 is 17.7 Å². The molecule has 0 spiro atoms. The van der Waals surface area contributed by atoms with Crippen molar-refractivity contribution < 1.29 is 4.79 Å². The number of carbonyl (C=O) groups excluding carboxylic acids is 1. The summed E-state index contributed by atoms with van der Waals surface area (Å²) in [5.41, 5.74) is 0.990. The van der Waals surface area contributed by atoms with Gasteiger partial charge < -0.3 is 15.1 Å². The van der Waals surface area contributed by atoms with Crippen molar-refractivity contribution in [3.05, 3.63) is 11.8 Å². The van der Waals surface area contributed by atoms with E-state index in [2.05, 4.69) is 15.2 Å². The molecule has 138 valence electrons. The van der Waals surface area contributed by atoms with Crippen LogP contribution in [0.3, 0.4) is 0 Å². The van der Waals surface area contributed by atoms with E-state index in [-0.39, 0.29) is 11.8 Å². The molecule has 3 rings (SSSR count). The zero-order chi connectivity index (χ0) is 17.8. The van der Waals surface area contributed by atoms with Crippen LogP contribution in [0.2, 0.25) is 0 Å². The van der Waals surface area contributed by atoms with Crippen LogP contribution in [0.1, 0.15) is 51.6 Å². The first kappa shape index (κ1) is 18.0. The Labute approximate surface area is 151 Å². The second-order valence-electron chi connectivity index (χ2n) is 7.64. The Morgan fingerprint density at radius 2 is 1.80 bits per heavy atom. The van der Waals surface area contributed by atoms with Crippen molar-refractivity contribution in [3.63, 3.8) is 0 Å². The lowest BCUT2D eigenvalue weighted by Crippen LogP contribution is -2.50. The molecule has 6 nitrogen and oxygen atoms in total. The molecular weight excluding hydrogens is 314 g/mol. The number of carbonyl (C=O) groups is 1. The number of amides is 1. The molecular formula is C19H31N5O. The van der Waals surface area contributed by atoms with Gasteiger partial charge in [-0.2, -0.15) is 4.98 Å². The molecule has 25 heavy (non-hydrogen) atoms. The van der Waals surface area contributed by atoms with Gasteiger partial charge in [0.2, 0.25) is 11.9 Å². The average molecular weight is 345 g/mol. The van der Waals surface area contributed by atoms with Crippen LogP contribution in [0, 0.1) is 12.8 Å². The maximum absolute atomic E-state index is 12.1. The SMILES string of the molecule is Cc1cc(N2CCN(C(=O)C(C)C)CC2)nc(NC2CCCCC2)n1. The van der Waals surface area contributed by atoms with Gasteiger partial charge in [0.15, 0.2) is 0 Å². The van der Waals surface area contributed by atoms with Crippen molar-refractivity contribution in [2.75, 3.05) is 36.4 Å². The normalized spacial score (nSPS) is 19.4. The van der Waals surface area contributed by atoms with E-state index >= 15 is 0 Å². The van der Waals surface area contributed by atoms with Gasteiger partial charge in [0.05, 0.1) is 0 Å². The molecule has 1 saturated heterocycles. The van der Waals surface area contributed by atoms with E-state index in [9.17, 15) is 4.79 Å². The zero-order valence-corrected chi connectivity index (χ0v) is 15.8. The Morgan fingerprint density at radius 3 is 2.44 bits per heavy atom. The molecule has 0 atom stereocenters. The first-order chi connectivity index (χ1) is 12.0. The summed E-state index contributed by atoms with van der Waals surface area (Å²) in [6, 6.07) is 2.55. The summed E-state index contributed by atoms with van der Waals surface area (Å²) < 4.78 is 0. The van der Waals surface area contributed by atoms with Gasteiger partial charge in [0.25, 0.3) is 0 Å². The minimum atomic E-state index is 0.0686. The summed E-state index contributed by atoms with van der Waals surface area (Å²) in [5, 5.41) is 3.53. The van der Waals surface area contributed by atoms with Gasteiger partial charge in [0, 0.05) is 49.9 Å². The third kappa shape index (κ3) is 4.61. The van der Waals surface area contributed by atoms with Crippen molar-refractivity contribution in [3.8, 4) is 0 Å². The van der Waals surface area contributed by atoms with Crippen LogP contribution in [0.15, 0.2) is 6.07 Å². The Kier molecular flexibility index (Phi) is 5.76. The van der Waals surface area contributed by atoms with Crippen molar-refractivity contribution in [2.45, 2.75) is 58.9 Å². The molecule has 1 aromatic rings. The lowest BCUT2D eigenvalue weighted by atomic mass is 9.96. The van der Waals surface area contributed by atoms with Crippen LogP contribution in [-0.2, 0) is 4.79 Å². The summed E-state index contributed by atoms with van der Waals surface area (Å²) in [7, 11) is 0. The maximum Gasteiger partial charge on any atom is 0.225 e. The van der Waals surface area contributed by atoms with Gasteiger partial charge in [0.1, 0.15) is 5.82 Å². The van der Waals surface area contributed by atoms with Crippen LogP contribution < -0.4 is 10.2 Å². The highest BCUT2D eigenvalue weighted by molar-refractivity contribution is 5.78. The molecule has 1 aliphatic carbocycles. The van der Waals surface area contributed by atoms with Crippen molar-refractivity contribution in [1.82, 2.24) is 14.9 Å². The monoisotopic (exact) mass is 345 g/mol. The molecule has 2 fully saturated rings. The lowest BCUT2D eigenvalue weighted by molar-refractivity contribution is -0.134. The fraction of sp³-hybridized carbons (Fsp3) is 0.737. The highest BCUT2D eigenvalue weighted by Crippen LogP contribution is 2.22. The van der Waals surface area contributed by atoms with Crippen LogP contribution in [-0.4, -0.2) is 53.0 Å². The summed E-state index contributed by atoms with van der Waals surface area (Å²) in [5.74, 6) is 2.04. The summed E-state index contributed by atoms with van der Waals surface area (Å²) in [6.45, 7) is 9.15. The molecule has 1 aliphatic heterocycles. The zero-order valence-electron chi connectivity index (χ0n) is 15.8. The van der Waals surface area contributed by atoms with Crippen LogP contribution in [0.25, 0.3) is 0 Å². The van der Waals surface area contributed by atoms with Gasteiger partial charge in [-0.15, -0.1) is 0 Å². The van der Waals surface area contributed by atoms with E-state index < -0.39 is 0 Å². The van der Waals surface area contributed by atoms with Gasteiger partial charge in [-0.3, -0.25) is 4.79 Å². The third-order valence-corrected chi connectivity index (χ3v) is 5.19. The van der Waals surface area contributed by atoms with E-state index in [1.54, 1.807) is 0 Å². The van der Waals surface area contributed by atoms with Crippen LogP contribution in [0.5, 0.6) is 0 Å². The Morgan fingerprint density at radius 1 is 1.12 bits per heavy atom. The molecule has 2 heterocycles. The molecule has 1 aromatic heterocycles. The highest BCUT2D eigenvalue weighted by Gasteiger charge is 2.24. The summed E-state index contributed by atoms with van der Waals surface area (Å²) in [6.07, 6.45) is 6.35. The molecule has 0 bridgehead atoms. The van der Waals surface area contributed by atoms with E-state index in [1.807, 2.05) is 31.7 Å². The third-order valence-electron chi connectivity index (χ3n) is 5.19. The van der Waals surface area contributed by atoms with E-state index in [0.717, 1.165) is 43.6 Å². The molecule has 2 aliphatic rings. The number of hydrogen-bond donors (Lipinski definition) is 1. The molecule has 6 heteroatoms. The summed E-state index contributed by atoms with van der Waals surface area (Å²) >= 11 is 0. The summed E-state index contributed by atoms with van der Waals surface area (Å²) in [4.78, 5) is 25.7. The predicted molar refractivity (Wildman–Crippen MR) is 101 cm³/mol. The van der Waals surface area contributed by atoms with E-state index in [0.29, 0.717) is 6.04 Å². The molecule has 1 saturated carbocycles. The number of rotatable bonds is 4. The number of hydrogen-bond acceptors (Lipinski definition) is 5. The minimum Gasteiger partial charge on any atom is -0.353 e. The molecule has 1 N–H and O–H groups in total. The number of aryl methyl sites for hydroxylation is 1. The number of nitrogens with one attached hydrogen (secondary N) is 1. The van der Waals surface area contributed by atoms with Crippen molar-refractivity contribution in [1.29, 1.82) is 0 Å². The van der Waals surface area contributed by atoms with Gasteiger partial charge in [-0.05, 0) is 19.8 Å². The van der Waals surface area contributed by atoms with E-state index in [1.165, 1.54) is 32.1 Å². The highest BCUT2D eigenvalue weighted by atomic mass is 16.2. The topological polar surface area (TPSA) is 61.4 Å². The second-order valence-corrected chi connectivity index (χ2v) is 7.64. The predicted octanol–water partition coefficient (Wildman–Crippen LogP) is 2.83. The van der Waals surface area contributed by atoms with Gasteiger partial charge >= 0.3 is 0 Å². The Balaban J connectivity index is 1.63. The molecule has 1 amide bonds. The van der Waals surface area contributed by atoms with Gasteiger partial charge in [-0.1, -0.05) is 33.1 Å². The largest absolute Gasteiger partial charge is 0.353 e. The first-order valence-electron chi connectivity index (χ1n) is 9.69. The number of anilines is 2. The first-order valence-corrected chi connectivity index (χ1v) is 9.69. The van der Waals surface area contributed by atoms with E-state index in [4.69, 9.17) is 4.98 Å². The maximum atomic E-state index is 12.1. The molecule has 0 radical (unpaired) electrons. The second kappa shape index (κ2) is 8.02. The van der Waals surface area contributed by atoms with Crippen molar-refractivity contribution in [2.24, 2.45) is 5.92 Å². The quantitative estimate of drug-likeness (QED) is 0.909. The number of piperazine rings is 1. The van der Waals surface area contributed by atoms with Crippen LogP contribution >= 0.6 is 0 Å². The smallest absolute Gasteiger partial charge is 0.225 e. The Hall–Kier alpha value is -1.85. The van der Waals surface area contributed by atoms with Gasteiger partial charge in [-0.25, -0.2) is 4.98 Å². The average Bonchev–Trinajstić information content (AvgIpc) is 2.61. The lowest BCUT2D eigenvalue weighted by Gasteiger charge is -2.36. The Bertz CT molecular complexity index is 589. The number of nitrogens with zero attached hydrogens (tertiary/aromatic N) is 4. The minimum absolute atomic E-state index is 0.0686. The fourth-order valence-corrected chi connectivity index (χ4v) is 3.73. The van der Waals surface area contributed by atoms with Crippen LogP contribution in [0.4, 0.5) is 11.8 Å².